The monoisotopic (exact) mass is 362 g/mol. The molecule has 0 radical (unpaired) electrons. The van der Waals surface area contributed by atoms with Gasteiger partial charge in [0, 0.05) is 0 Å². The average molecular weight is 363 g/mol. The van der Waals surface area contributed by atoms with Crippen LogP contribution >= 0.6 is 0 Å². The maximum Gasteiger partial charge on any atom is 0.129 e. The molecule has 0 aromatic rings. The van der Waals surface area contributed by atoms with Gasteiger partial charge in [-0.2, -0.15) is 0 Å². The van der Waals surface area contributed by atoms with Crippen LogP contribution in [0.1, 0.15) is 82.1 Å². The van der Waals surface area contributed by atoms with E-state index in [1.165, 1.54) is 0 Å². The molecule has 25 heavy (non-hydrogen) atoms. The maximum atomic E-state index is 15.1. The summed E-state index contributed by atoms with van der Waals surface area (Å²) in [6, 6.07) is 0. The van der Waals surface area contributed by atoms with Gasteiger partial charge < -0.3 is 4.74 Å². The first-order valence-corrected chi connectivity index (χ1v) is 10.5. The van der Waals surface area contributed by atoms with Gasteiger partial charge in [0.2, 0.25) is 0 Å². The molecule has 1 heterocycles. The molecule has 0 N–H and O–H groups in total. The van der Waals surface area contributed by atoms with E-state index in [4.69, 9.17) is 4.74 Å². The van der Waals surface area contributed by atoms with Crippen molar-refractivity contribution in [2.24, 2.45) is 35.5 Å². The molecule has 0 amide bonds. The van der Waals surface area contributed by atoms with E-state index in [0.29, 0.717) is 11.8 Å². The Balaban J connectivity index is 0.00000277. The van der Waals surface area contributed by atoms with Gasteiger partial charge in [-0.25, -0.2) is 8.78 Å². The van der Waals surface area contributed by atoms with E-state index in [9.17, 15) is 4.39 Å². The van der Waals surface area contributed by atoms with Crippen molar-refractivity contribution in [2.45, 2.75) is 107 Å². The fourth-order valence-corrected chi connectivity index (χ4v) is 3.61. The highest BCUT2D eigenvalue weighted by molar-refractivity contribution is 4.95. The minimum Gasteiger partial charge on any atom is -0.368 e. The van der Waals surface area contributed by atoms with Crippen molar-refractivity contribution in [1.29, 1.82) is 0 Å². The van der Waals surface area contributed by atoms with Crippen LogP contribution < -0.4 is 0 Å². The van der Waals surface area contributed by atoms with Crippen molar-refractivity contribution in [3.63, 3.8) is 0 Å². The molecular weight excluding hydrogens is 318 g/mol. The van der Waals surface area contributed by atoms with Crippen LogP contribution in [-0.4, -0.2) is 24.6 Å². The van der Waals surface area contributed by atoms with Crippen molar-refractivity contribution in [3.8, 4) is 0 Å². The summed E-state index contributed by atoms with van der Waals surface area (Å²) in [5.74, 6) is 0.953. The Bertz CT molecular complexity index is 345. The van der Waals surface area contributed by atoms with Crippen LogP contribution in [-0.2, 0) is 4.74 Å². The zero-order valence-electron chi connectivity index (χ0n) is 18.4. The van der Waals surface area contributed by atoms with E-state index in [2.05, 4.69) is 20.8 Å². The van der Waals surface area contributed by atoms with Crippen LogP contribution in [0.4, 0.5) is 8.78 Å². The maximum absolute atomic E-state index is 15.1. The first-order chi connectivity index (χ1) is 11.6. The number of hydrogen-bond donors (Lipinski definition) is 0. The lowest BCUT2D eigenvalue weighted by Crippen LogP contribution is -2.36. The van der Waals surface area contributed by atoms with Gasteiger partial charge >= 0.3 is 0 Å². The van der Waals surface area contributed by atoms with Crippen LogP contribution in [0.25, 0.3) is 0 Å². The zero-order chi connectivity index (χ0) is 19.9. The topological polar surface area (TPSA) is 9.23 Å². The fraction of sp³-hybridized carbons (Fsp3) is 1.00. The second kappa shape index (κ2) is 11.5. The van der Waals surface area contributed by atoms with Crippen molar-refractivity contribution in [2.75, 3.05) is 0 Å². The number of rotatable bonds is 8. The van der Waals surface area contributed by atoms with Gasteiger partial charge in [0.25, 0.3) is 0 Å². The van der Waals surface area contributed by atoms with Gasteiger partial charge in [0.05, 0.1) is 12.2 Å². The summed E-state index contributed by atoms with van der Waals surface area (Å²) in [6.07, 6.45) is -0.804. The van der Waals surface area contributed by atoms with Crippen LogP contribution in [0.3, 0.4) is 0 Å². The van der Waals surface area contributed by atoms with Gasteiger partial charge in [-0.1, -0.05) is 82.1 Å². The molecule has 3 heteroatoms. The second-order valence-electron chi connectivity index (χ2n) is 8.72. The molecule has 0 saturated carbocycles. The van der Waals surface area contributed by atoms with Crippen molar-refractivity contribution >= 4 is 0 Å². The van der Waals surface area contributed by atoms with Crippen LogP contribution in [0.2, 0.25) is 0 Å². The zero-order valence-corrected chi connectivity index (χ0v) is 18.4. The Labute approximate surface area is 156 Å². The SMILES string of the molecule is CC.CC(C)CCC(C)C(C)C(F)C1OC(C(F)C(C)C)C(C)C1C. The van der Waals surface area contributed by atoms with E-state index < -0.39 is 24.6 Å². The van der Waals surface area contributed by atoms with E-state index in [-0.39, 0.29) is 23.7 Å². The lowest BCUT2D eigenvalue weighted by Gasteiger charge is -2.30. The molecule has 1 nitrogen and oxygen atoms in total. The van der Waals surface area contributed by atoms with Crippen LogP contribution in [0.5, 0.6) is 0 Å². The Morgan fingerprint density at radius 1 is 0.760 bits per heavy atom. The quantitative estimate of drug-likeness (QED) is 0.448. The molecule has 0 aliphatic carbocycles. The molecule has 0 aromatic heterocycles. The molecule has 1 saturated heterocycles. The number of halogens is 2. The summed E-state index contributed by atoms with van der Waals surface area (Å²) in [5.41, 5.74) is 0. The normalized spacial score (nSPS) is 31.4. The van der Waals surface area contributed by atoms with Crippen molar-refractivity contribution in [1.82, 2.24) is 0 Å². The molecule has 0 spiro atoms. The molecule has 8 unspecified atom stereocenters. The Morgan fingerprint density at radius 2 is 1.20 bits per heavy atom. The smallest absolute Gasteiger partial charge is 0.129 e. The summed E-state index contributed by atoms with van der Waals surface area (Å²) in [6.45, 7) is 20.3. The number of alkyl halides is 2. The first kappa shape index (κ1) is 24.8. The Hall–Kier alpha value is -0.180. The summed E-state index contributed by atoms with van der Waals surface area (Å²) in [7, 11) is 0. The van der Waals surface area contributed by atoms with Gasteiger partial charge in [-0.05, 0) is 35.5 Å². The predicted octanol–water partition coefficient (Wildman–Crippen LogP) is 7.09. The predicted molar refractivity (Wildman–Crippen MR) is 105 cm³/mol. The highest BCUT2D eigenvalue weighted by Crippen LogP contribution is 2.41. The molecule has 0 aromatic carbocycles. The highest BCUT2D eigenvalue weighted by atomic mass is 19.1. The highest BCUT2D eigenvalue weighted by Gasteiger charge is 2.48. The third kappa shape index (κ3) is 6.81. The minimum absolute atomic E-state index is 0.0516. The van der Waals surface area contributed by atoms with Gasteiger partial charge in [-0.3, -0.25) is 0 Å². The Morgan fingerprint density at radius 3 is 1.60 bits per heavy atom. The summed E-state index contributed by atoms with van der Waals surface area (Å²) < 4.78 is 35.4. The van der Waals surface area contributed by atoms with Gasteiger partial charge in [0.15, 0.2) is 0 Å². The summed E-state index contributed by atoms with van der Waals surface area (Å²) in [5, 5.41) is 0. The third-order valence-electron chi connectivity index (χ3n) is 6.04. The van der Waals surface area contributed by atoms with E-state index in [0.717, 1.165) is 12.8 Å². The fourth-order valence-electron chi connectivity index (χ4n) is 3.61. The number of ether oxygens (including phenoxy) is 1. The first-order valence-electron chi connectivity index (χ1n) is 10.5. The molecule has 1 aliphatic heterocycles. The van der Waals surface area contributed by atoms with E-state index >= 15 is 4.39 Å². The lowest BCUT2D eigenvalue weighted by molar-refractivity contribution is -0.0704. The van der Waals surface area contributed by atoms with Crippen molar-refractivity contribution < 1.29 is 13.5 Å². The molecule has 8 atom stereocenters. The minimum atomic E-state index is -1.02. The lowest BCUT2D eigenvalue weighted by atomic mass is 9.79. The van der Waals surface area contributed by atoms with Crippen LogP contribution in [0.15, 0.2) is 0 Å². The number of hydrogen-bond acceptors (Lipinski definition) is 1. The molecule has 1 rings (SSSR count). The van der Waals surface area contributed by atoms with Gasteiger partial charge in [-0.15, -0.1) is 0 Å². The Kier molecular flexibility index (Phi) is 11.4. The molecule has 152 valence electrons. The van der Waals surface area contributed by atoms with Crippen molar-refractivity contribution in [3.05, 3.63) is 0 Å². The van der Waals surface area contributed by atoms with Crippen LogP contribution in [0, 0.1) is 35.5 Å². The average Bonchev–Trinajstić information content (AvgIpc) is 2.87. The second-order valence-corrected chi connectivity index (χ2v) is 8.72. The largest absolute Gasteiger partial charge is 0.368 e. The van der Waals surface area contributed by atoms with E-state index in [1.807, 2.05) is 48.5 Å². The molecule has 0 bridgehead atoms. The summed E-state index contributed by atoms with van der Waals surface area (Å²) in [4.78, 5) is 0. The molecule has 1 fully saturated rings. The van der Waals surface area contributed by atoms with E-state index in [1.54, 1.807) is 0 Å². The third-order valence-corrected chi connectivity index (χ3v) is 6.04. The summed E-state index contributed by atoms with van der Waals surface area (Å²) >= 11 is 0. The molecular formula is C22H44F2O. The standard InChI is InChI=1S/C20H38F2O.C2H6/c1-11(2)9-10-13(5)14(6)18(22)20-16(8)15(7)19(23-20)17(21)12(3)4;1-2/h11-20H,9-10H2,1-8H3;1-2H3. The van der Waals surface area contributed by atoms with Gasteiger partial charge in [0.1, 0.15) is 12.3 Å². The molecule has 1 aliphatic rings.